The number of rotatable bonds is 3. The Balaban J connectivity index is 1.43. The average Bonchev–Trinajstić information content (AvgIpc) is 2.69. The number of piperidine rings is 1. The quantitative estimate of drug-likeness (QED) is 0.853. The number of benzene rings is 1. The molecule has 2 aliphatic heterocycles. The van der Waals surface area contributed by atoms with Gasteiger partial charge in [0.25, 0.3) is 0 Å². The molecule has 1 aromatic carbocycles. The standard InChI is InChI=1S/C18H23FN6/c19-15-6-2-3-7-16(15)23-10-12-24(13-11-23)17-14-20-22-18(21-17)25-8-4-1-5-9-25/h2-3,6-7,14H,1,4-5,8-13H2. The van der Waals surface area contributed by atoms with E-state index in [0.717, 1.165) is 51.0 Å². The topological polar surface area (TPSA) is 48.4 Å². The van der Waals surface area contributed by atoms with Crippen molar-refractivity contribution >= 4 is 17.5 Å². The number of hydrogen-bond donors (Lipinski definition) is 0. The van der Waals surface area contributed by atoms with E-state index in [4.69, 9.17) is 4.98 Å². The molecule has 0 bridgehead atoms. The molecule has 0 atom stereocenters. The van der Waals surface area contributed by atoms with Crippen molar-refractivity contribution in [1.29, 1.82) is 0 Å². The highest BCUT2D eigenvalue weighted by molar-refractivity contribution is 5.50. The minimum atomic E-state index is -0.160. The summed E-state index contributed by atoms with van der Waals surface area (Å²) in [7, 11) is 0. The van der Waals surface area contributed by atoms with Crippen molar-refractivity contribution in [2.75, 3.05) is 54.0 Å². The third-order valence-electron chi connectivity index (χ3n) is 4.97. The first-order chi connectivity index (χ1) is 12.3. The highest BCUT2D eigenvalue weighted by Gasteiger charge is 2.22. The van der Waals surface area contributed by atoms with Gasteiger partial charge in [-0.2, -0.15) is 10.1 Å². The average molecular weight is 342 g/mol. The van der Waals surface area contributed by atoms with E-state index in [-0.39, 0.29) is 5.82 Å². The van der Waals surface area contributed by atoms with E-state index in [9.17, 15) is 4.39 Å². The maximum absolute atomic E-state index is 14.0. The van der Waals surface area contributed by atoms with Crippen molar-refractivity contribution in [3.05, 3.63) is 36.3 Å². The molecule has 2 aromatic rings. The van der Waals surface area contributed by atoms with Crippen LogP contribution in [0.5, 0.6) is 0 Å². The smallest absolute Gasteiger partial charge is 0.247 e. The monoisotopic (exact) mass is 342 g/mol. The van der Waals surface area contributed by atoms with Crippen LogP contribution in [0.4, 0.5) is 21.8 Å². The van der Waals surface area contributed by atoms with Crippen LogP contribution >= 0.6 is 0 Å². The second-order valence-electron chi connectivity index (χ2n) is 6.59. The minimum absolute atomic E-state index is 0.160. The molecule has 1 aromatic heterocycles. The van der Waals surface area contributed by atoms with E-state index in [1.807, 2.05) is 12.1 Å². The lowest BCUT2D eigenvalue weighted by Gasteiger charge is -2.37. The summed E-state index contributed by atoms with van der Waals surface area (Å²) >= 11 is 0. The summed E-state index contributed by atoms with van der Waals surface area (Å²) < 4.78 is 14.0. The predicted octanol–water partition coefficient (Wildman–Crippen LogP) is 2.33. The molecule has 132 valence electrons. The summed E-state index contributed by atoms with van der Waals surface area (Å²) in [5.74, 6) is 1.43. The van der Waals surface area contributed by atoms with Crippen LogP contribution < -0.4 is 14.7 Å². The van der Waals surface area contributed by atoms with Gasteiger partial charge >= 0.3 is 0 Å². The fourth-order valence-electron chi connectivity index (χ4n) is 3.55. The van der Waals surface area contributed by atoms with Crippen LogP contribution in [0.2, 0.25) is 0 Å². The fourth-order valence-corrected chi connectivity index (χ4v) is 3.55. The minimum Gasteiger partial charge on any atom is -0.366 e. The van der Waals surface area contributed by atoms with Crippen molar-refractivity contribution in [1.82, 2.24) is 15.2 Å². The molecule has 0 spiro atoms. The van der Waals surface area contributed by atoms with Gasteiger partial charge < -0.3 is 14.7 Å². The number of aromatic nitrogens is 3. The Morgan fingerprint density at radius 1 is 0.800 bits per heavy atom. The van der Waals surface area contributed by atoms with Gasteiger partial charge in [0.15, 0.2) is 5.82 Å². The zero-order valence-electron chi connectivity index (χ0n) is 14.3. The van der Waals surface area contributed by atoms with Crippen LogP contribution in [0, 0.1) is 5.82 Å². The molecule has 6 nitrogen and oxygen atoms in total. The predicted molar refractivity (Wildman–Crippen MR) is 96.7 cm³/mol. The van der Waals surface area contributed by atoms with Gasteiger partial charge in [0.1, 0.15) is 5.82 Å². The van der Waals surface area contributed by atoms with Gasteiger partial charge in [0.05, 0.1) is 11.9 Å². The van der Waals surface area contributed by atoms with Gasteiger partial charge in [0, 0.05) is 39.3 Å². The van der Waals surface area contributed by atoms with Crippen molar-refractivity contribution in [3.63, 3.8) is 0 Å². The lowest BCUT2D eigenvalue weighted by Crippen LogP contribution is -2.47. The van der Waals surface area contributed by atoms with E-state index in [1.165, 1.54) is 25.3 Å². The summed E-state index contributed by atoms with van der Waals surface area (Å²) in [5.41, 5.74) is 0.678. The van der Waals surface area contributed by atoms with Gasteiger partial charge in [0.2, 0.25) is 5.95 Å². The Bertz CT molecular complexity index is 710. The molecule has 4 rings (SSSR count). The van der Waals surface area contributed by atoms with E-state index in [1.54, 1.807) is 12.3 Å². The first kappa shape index (κ1) is 16.1. The Morgan fingerprint density at radius 3 is 2.28 bits per heavy atom. The van der Waals surface area contributed by atoms with Crippen molar-refractivity contribution in [2.24, 2.45) is 0 Å². The summed E-state index contributed by atoms with van der Waals surface area (Å²) in [6.45, 7) is 5.14. The molecule has 0 aliphatic carbocycles. The van der Waals surface area contributed by atoms with Gasteiger partial charge in [-0.15, -0.1) is 5.10 Å². The number of hydrogen-bond acceptors (Lipinski definition) is 6. The molecule has 3 heterocycles. The molecule has 0 radical (unpaired) electrons. The molecule has 25 heavy (non-hydrogen) atoms. The first-order valence-corrected chi connectivity index (χ1v) is 9.00. The molecule has 0 N–H and O–H groups in total. The number of halogens is 1. The van der Waals surface area contributed by atoms with Crippen molar-refractivity contribution < 1.29 is 4.39 Å². The molecule has 2 aliphatic rings. The molecular formula is C18H23FN6. The van der Waals surface area contributed by atoms with E-state index in [0.29, 0.717) is 5.69 Å². The lowest BCUT2D eigenvalue weighted by atomic mass is 10.1. The molecule has 0 saturated carbocycles. The second-order valence-corrected chi connectivity index (χ2v) is 6.59. The van der Waals surface area contributed by atoms with Gasteiger partial charge in [-0.1, -0.05) is 12.1 Å². The van der Waals surface area contributed by atoms with Gasteiger partial charge in [-0.3, -0.25) is 0 Å². The highest BCUT2D eigenvalue weighted by Crippen LogP contribution is 2.23. The third kappa shape index (κ3) is 3.50. The second kappa shape index (κ2) is 7.21. The van der Waals surface area contributed by atoms with Gasteiger partial charge in [-0.25, -0.2) is 4.39 Å². The Hall–Kier alpha value is -2.44. The normalized spacial score (nSPS) is 18.5. The highest BCUT2D eigenvalue weighted by atomic mass is 19.1. The van der Waals surface area contributed by atoms with E-state index < -0.39 is 0 Å². The zero-order valence-corrected chi connectivity index (χ0v) is 14.3. The largest absolute Gasteiger partial charge is 0.366 e. The maximum Gasteiger partial charge on any atom is 0.247 e. The maximum atomic E-state index is 14.0. The Morgan fingerprint density at radius 2 is 1.52 bits per heavy atom. The molecule has 7 heteroatoms. The van der Waals surface area contributed by atoms with Crippen LogP contribution in [0.25, 0.3) is 0 Å². The molecular weight excluding hydrogens is 319 g/mol. The third-order valence-corrected chi connectivity index (χ3v) is 4.97. The van der Waals surface area contributed by atoms with Crippen LogP contribution in [0.1, 0.15) is 19.3 Å². The fraction of sp³-hybridized carbons (Fsp3) is 0.500. The van der Waals surface area contributed by atoms with Crippen molar-refractivity contribution in [3.8, 4) is 0 Å². The summed E-state index contributed by atoms with van der Waals surface area (Å²) in [5, 5.41) is 8.37. The Labute approximate surface area is 147 Å². The number of piperazine rings is 1. The Kier molecular flexibility index (Phi) is 4.63. The molecule has 2 fully saturated rings. The van der Waals surface area contributed by atoms with Gasteiger partial charge in [-0.05, 0) is 31.4 Å². The number of anilines is 3. The summed E-state index contributed by atoms with van der Waals surface area (Å²) in [6, 6.07) is 6.96. The summed E-state index contributed by atoms with van der Waals surface area (Å²) in [6.07, 6.45) is 5.39. The van der Waals surface area contributed by atoms with Crippen LogP contribution in [0.3, 0.4) is 0 Å². The lowest BCUT2D eigenvalue weighted by molar-refractivity contribution is 0.563. The summed E-state index contributed by atoms with van der Waals surface area (Å²) in [4.78, 5) is 11.2. The molecule has 2 saturated heterocycles. The molecule has 0 amide bonds. The SMILES string of the molecule is Fc1ccccc1N1CCN(c2cnnc(N3CCCCC3)n2)CC1. The van der Waals surface area contributed by atoms with Crippen LogP contribution in [-0.4, -0.2) is 54.4 Å². The van der Waals surface area contributed by atoms with Crippen LogP contribution in [0.15, 0.2) is 30.5 Å². The van der Waals surface area contributed by atoms with Crippen LogP contribution in [-0.2, 0) is 0 Å². The molecule has 0 unspecified atom stereocenters. The van der Waals surface area contributed by atoms with E-state index in [2.05, 4.69) is 24.9 Å². The number of para-hydroxylation sites is 1. The van der Waals surface area contributed by atoms with E-state index >= 15 is 0 Å². The van der Waals surface area contributed by atoms with Crippen molar-refractivity contribution in [2.45, 2.75) is 19.3 Å². The zero-order chi connectivity index (χ0) is 17.1. The number of nitrogens with zero attached hydrogens (tertiary/aromatic N) is 6. The first-order valence-electron chi connectivity index (χ1n) is 9.00.